The Morgan fingerprint density at radius 3 is 2.86 bits per heavy atom. The van der Waals surface area contributed by atoms with Crippen LogP contribution in [-0.2, 0) is 19.4 Å². The summed E-state index contributed by atoms with van der Waals surface area (Å²) in [7, 11) is 0. The summed E-state index contributed by atoms with van der Waals surface area (Å²) >= 11 is 1.66. The fourth-order valence-corrected chi connectivity index (χ4v) is 4.83. The molecule has 5 rings (SSSR count). The highest BCUT2D eigenvalue weighted by Gasteiger charge is 2.26. The number of hydrogen-bond acceptors (Lipinski definition) is 5. The van der Waals surface area contributed by atoms with Crippen LogP contribution in [-0.4, -0.2) is 51.7 Å². The standard InChI is InChI=1S/C20H24N6OS/c27-20(22-14-15-4-3-13-28-15)25-11-9-24(10-12-25)19-18-16-5-1-2-6-17(16)23-26(18)8-7-21-19/h3-4,7-8,13H,1-2,5-6,9-12,14H2,(H,22,27). The first-order valence-corrected chi connectivity index (χ1v) is 10.8. The molecule has 2 amide bonds. The monoisotopic (exact) mass is 396 g/mol. The number of aryl methyl sites for hydroxylation is 2. The molecule has 0 radical (unpaired) electrons. The summed E-state index contributed by atoms with van der Waals surface area (Å²) < 4.78 is 2.00. The minimum atomic E-state index is 0.0148. The maximum atomic E-state index is 12.5. The number of amides is 2. The van der Waals surface area contributed by atoms with Crippen molar-refractivity contribution in [1.82, 2.24) is 24.8 Å². The quantitative estimate of drug-likeness (QED) is 0.739. The number of carbonyl (C=O) groups excluding carboxylic acids is 1. The molecule has 0 bridgehead atoms. The van der Waals surface area contributed by atoms with Gasteiger partial charge in [-0.3, -0.25) is 0 Å². The zero-order chi connectivity index (χ0) is 18.9. The van der Waals surface area contributed by atoms with Gasteiger partial charge in [-0.25, -0.2) is 14.3 Å². The van der Waals surface area contributed by atoms with Crippen LogP contribution in [0, 0.1) is 0 Å². The second-order valence-electron chi connectivity index (χ2n) is 7.39. The molecule has 1 aliphatic heterocycles. The van der Waals surface area contributed by atoms with E-state index in [1.54, 1.807) is 11.3 Å². The van der Waals surface area contributed by atoms with Gasteiger partial charge in [0.2, 0.25) is 0 Å². The number of fused-ring (bicyclic) bond motifs is 3. The molecule has 1 saturated heterocycles. The number of urea groups is 1. The van der Waals surface area contributed by atoms with Crippen molar-refractivity contribution >= 4 is 28.7 Å². The molecule has 1 aliphatic carbocycles. The van der Waals surface area contributed by atoms with Crippen molar-refractivity contribution in [1.29, 1.82) is 0 Å². The summed E-state index contributed by atoms with van der Waals surface area (Å²) in [4.78, 5) is 22.5. The molecule has 4 heterocycles. The van der Waals surface area contributed by atoms with Gasteiger partial charge in [0, 0.05) is 49.0 Å². The second kappa shape index (κ2) is 7.43. The molecule has 0 spiro atoms. The zero-order valence-corrected chi connectivity index (χ0v) is 16.6. The molecule has 8 heteroatoms. The minimum Gasteiger partial charge on any atom is -0.351 e. The van der Waals surface area contributed by atoms with Gasteiger partial charge in [0.1, 0.15) is 5.52 Å². The van der Waals surface area contributed by atoms with Gasteiger partial charge in [-0.2, -0.15) is 5.10 Å². The van der Waals surface area contributed by atoms with E-state index in [-0.39, 0.29) is 6.03 Å². The van der Waals surface area contributed by atoms with Gasteiger partial charge in [-0.1, -0.05) is 6.07 Å². The van der Waals surface area contributed by atoms with Crippen LogP contribution in [0.5, 0.6) is 0 Å². The van der Waals surface area contributed by atoms with Crippen molar-refractivity contribution in [2.24, 2.45) is 0 Å². The highest BCUT2D eigenvalue weighted by atomic mass is 32.1. The van der Waals surface area contributed by atoms with Crippen LogP contribution in [0.4, 0.5) is 10.6 Å². The van der Waals surface area contributed by atoms with E-state index in [0.29, 0.717) is 19.6 Å². The average Bonchev–Trinajstić information content (AvgIpc) is 3.39. The van der Waals surface area contributed by atoms with E-state index in [9.17, 15) is 4.79 Å². The van der Waals surface area contributed by atoms with E-state index in [1.165, 1.54) is 29.0 Å². The highest BCUT2D eigenvalue weighted by molar-refractivity contribution is 7.09. The maximum absolute atomic E-state index is 12.5. The summed E-state index contributed by atoms with van der Waals surface area (Å²) in [5.41, 5.74) is 3.75. The number of rotatable bonds is 3. The highest BCUT2D eigenvalue weighted by Crippen LogP contribution is 2.30. The zero-order valence-electron chi connectivity index (χ0n) is 15.8. The van der Waals surface area contributed by atoms with Crippen LogP contribution < -0.4 is 10.2 Å². The molecule has 0 saturated carbocycles. The first kappa shape index (κ1) is 17.5. The maximum Gasteiger partial charge on any atom is 0.317 e. The third kappa shape index (κ3) is 3.22. The lowest BCUT2D eigenvalue weighted by atomic mass is 9.97. The Kier molecular flexibility index (Phi) is 4.64. The molecule has 1 N–H and O–H groups in total. The number of hydrogen-bond donors (Lipinski definition) is 1. The van der Waals surface area contributed by atoms with E-state index in [2.05, 4.69) is 10.2 Å². The normalized spacial score (nSPS) is 17.0. The van der Waals surface area contributed by atoms with Crippen LogP contribution >= 0.6 is 11.3 Å². The Morgan fingerprint density at radius 2 is 2.04 bits per heavy atom. The molecule has 0 atom stereocenters. The molecule has 0 aromatic carbocycles. The van der Waals surface area contributed by atoms with Crippen LogP contribution in [0.25, 0.3) is 5.52 Å². The Labute approximate surface area is 168 Å². The Morgan fingerprint density at radius 1 is 1.18 bits per heavy atom. The van der Waals surface area contributed by atoms with Crippen molar-refractivity contribution in [2.75, 3.05) is 31.1 Å². The summed E-state index contributed by atoms with van der Waals surface area (Å²) in [5.74, 6) is 1.01. The van der Waals surface area contributed by atoms with Gasteiger partial charge >= 0.3 is 6.03 Å². The van der Waals surface area contributed by atoms with E-state index >= 15 is 0 Å². The van der Waals surface area contributed by atoms with Crippen LogP contribution in [0.3, 0.4) is 0 Å². The summed E-state index contributed by atoms with van der Waals surface area (Å²) in [6.45, 7) is 3.59. The van der Waals surface area contributed by atoms with Crippen LogP contribution in [0.2, 0.25) is 0 Å². The number of thiophene rings is 1. The smallest absolute Gasteiger partial charge is 0.317 e. The van der Waals surface area contributed by atoms with E-state index < -0.39 is 0 Å². The molecule has 2 aliphatic rings. The van der Waals surface area contributed by atoms with Gasteiger partial charge in [0.15, 0.2) is 5.82 Å². The third-order valence-corrected chi connectivity index (χ3v) is 6.54. The van der Waals surface area contributed by atoms with E-state index in [0.717, 1.165) is 37.3 Å². The Balaban J connectivity index is 1.28. The van der Waals surface area contributed by atoms with Crippen molar-refractivity contribution in [2.45, 2.75) is 32.2 Å². The molecule has 3 aromatic rings. The summed E-state index contributed by atoms with van der Waals surface area (Å²) in [5, 5.41) is 9.83. The van der Waals surface area contributed by atoms with Gasteiger partial charge in [-0.05, 0) is 37.1 Å². The molecular formula is C20H24N6OS. The fourth-order valence-electron chi connectivity index (χ4n) is 4.19. The van der Waals surface area contributed by atoms with Crippen molar-refractivity contribution < 1.29 is 4.79 Å². The number of carbonyl (C=O) groups is 1. The molecular weight excluding hydrogens is 372 g/mol. The molecule has 0 unspecified atom stereocenters. The number of nitrogens with zero attached hydrogens (tertiary/aromatic N) is 5. The number of aromatic nitrogens is 3. The van der Waals surface area contributed by atoms with Gasteiger partial charge in [-0.15, -0.1) is 11.3 Å². The Bertz CT molecular complexity index is 974. The SMILES string of the molecule is O=C(NCc1cccs1)N1CCN(c2nccn3nc4c(c23)CCCC4)CC1. The summed E-state index contributed by atoms with van der Waals surface area (Å²) in [6, 6.07) is 4.07. The minimum absolute atomic E-state index is 0.0148. The third-order valence-electron chi connectivity index (χ3n) is 5.66. The molecule has 3 aromatic heterocycles. The summed E-state index contributed by atoms with van der Waals surface area (Å²) in [6.07, 6.45) is 8.38. The molecule has 146 valence electrons. The predicted octanol–water partition coefficient (Wildman–Crippen LogP) is 2.70. The second-order valence-corrected chi connectivity index (χ2v) is 8.42. The molecule has 1 fully saturated rings. The van der Waals surface area contributed by atoms with Gasteiger partial charge < -0.3 is 15.1 Å². The number of anilines is 1. The Hall–Kier alpha value is -2.61. The first-order valence-electron chi connectivity index (χ1n) is 9.95. The average molecular weight is 397 g/mol. The molecule has 7 nitrogen and oxygen atoms in total. The lowest BCUT2D eigenvalue weighted by molar-refractivity contribution is 0.194. The lowest BCUT2D eigenvalue weighted by Gasteiger charge is -2.35. The van der Waals surface area contributed by atoms with Crippen LogP contribution in [0.1, 0.15) is 29.0 Å². The van der Waals surface area contributed by atoms with E-state index in [1.807, 2.05) is 39.3 Å². The lowest BCUT2D eigenvalue weighted by Crippen LogP contribution is -2.52. The fraction of sp³-hybridized carbons (Fsp3) is 0.450. The van der Waals surface area contributed by atoms with Crippen molar-refractivity contribution in [3.8, 4) is 0 Å². The first-order chi connectivity index (χ1) is 13.8. The molecule has 28 heavy (non-hydrogen) atoms. The number of piperazine rings is 1. The van der Waals surface area contributed by atoms with Gasteiger partial charge in [0.25, 0.3) is 0 Å². The topological polar surface area (TPSA) is 65.8 Å². The van der Waals surface area contributed by atoms with Crippen molar-refractivity contribution in [3.63, 3.8) is 0 Å². The predicted molar refractivity (Wildman–Crippen MR) is 110 cm³/mol. The number of nitrogens with one attached hydrogen (secondary N) is 1. The largest absolute Gasteiger partial charge is 0.351 e. The van der Waals surface area contributed by atoms with Crippen LogP contribution in [0.15, 0.2) is 29.9 Å². The van der Waals surface area contributed by atoms with E-state index in [4.69, 9.17) is 10.1 Å². The van der Waals surface area contributed by atoms with Gasteiger partial charge in [0.05, 0.1) is 12.2 Å². The van der Waals surface area contributed by atoms with Crippen molar-refractivity contribution in [3.05, 3.63) is 46.0 Å².